The number of amides is 1. The number of carbonyl (C=O) groups is 1. The number of carbonyl (C=O) groups excluding carboxylic acids is 1. The third-order valence-corrected chi connectivity index (χ3v) is 5.34. The number of aromatic nitrogens is 3. The van der Waals surface area contributed by atoms with E-state index in [-0.39, 0.29) is 17.4 Å². The zero-order chi connectivity index (χ0) is 22.4. The number of nitrogens with zero attached hydrogens (tertiary/aromatic N) is 3. The van der Waals surface area contributed by atoms with Crippen LogP contribution in [-0.2, 0) is 11.3 Å². The van der Waals surface area contributed by atoms with E-state index in [9.17, 15) is 13.6 Å². The van der Waals surface area contributed by atoms with Crippen molar-refractivity contribution in [1.82, 2.24) is 14.8 Å². The minimum atomic E-state index is -0.802. The number of aryl methyl sites for hydroxylation is 1. The fraction of sp³-hybridized carbons (Fsp3) is 0.227. The van der Waals surface area contributed by atoms with Crippen LogP contribution in [0.4, 0.5) is 14.5 Å². The summed E-state index contributed by atoms with van der Waals surface area (Å²) in [5.41, 5.74) is 1.72. The standard InChI is InChI=1S/C22H22F2N4O2S/c1-4-11-28-21(15(3)30-19-10-9-16(23)12-17(19)24)26-27-22(28)31-13-20(29)25-18-8-6-5-7-14(18)2/h4-10,12,15H,1,11,13H2,2-3H3,(H,25,29). The molecule has 0 bridgehead atoms. The second-order valence-electron chi connectivity index (χ2n) is 6.73. The predicted molar refractivity (Wildman–Crippen MR) is 116 cm³/mol. The first-order valence-electron chi connectivity index (χ1n) is 9.53. The summed E-state index contributed by atoms with van der Waals surface area (Å²) >= 11 is 1.22. The van der Waals surface area contributed by atoms with Crippen molar-refractivity contribution in [3.63, 3.8) is 0 Å². The molecule has 1 heterocycles. The molecule has 0 saturated carbocycles. The molecule has 0 saturated heterocycles. The van der Waals surface area contributed by atoms with E-state index in [0.29, 0.717) is 17.5 Å². The van der Waals surface area contributed by atoms with Gasteiger partial charge in [0.1, 0.15) is 5.82 Å². The number of hydrogen-bond donors (Lipinski definition) is 1. The maximum Gasteiger partial charge on any atom is 0.234 e. The van der Waals surface area contributed by atoms with E-state index in [4.69, 9.17) is 4.74 Å². The number of ether oxygens (including phenoxy) is 1. The van der Waals surface area contributed by atoms with Gasteiger partial charge in [-0.2, -0.15) is 0 Å². The van der Waals surface area contributed by atoms with E-state index in [2.05, 4.69) is 22.1 Å². The van der Waals surface area contributed by atoms with Crippen LogP contribution >= 0.6 is 11.8 Å². The van der Waals surface area contributed by atoms with Gasteiger partial charge in [0.25, 0.3) is 0 Å². The van der Waals surface area contributed by atoms with Gasteiger partial charge < -0.3 is 10.1 Å². The summed E-state index contributed by atoms with van der Waals surface area (Å²) in [4.78, 5) is 12.3. The van der Waals surface area contributed by atoms with E-state index < -0.39 is 17.7 Å². The van der Waals surface area contributed by atoms with Crippen molar-refractivity contribution in [2.45, 2.75) is 31.7 Å². The predicted octanol–water partition coefficient (Wildman–Crippen LogP) is 4.92. The van der Waals surface area contributed by atoms with Gasteiger partial charge >= 0.3 is 0 Å². The summed E-state index contributed by atoms with van der Waals surface area (Å²) in [6.45, 7) is 7.72. The van der Waals surface area contributed by atoms with Crippen LogP contribution in [0, 0.1) is 18.6 Å². The molecule has 6 nitrogen and oxygen atoms in total. The van der Waals surface area contributed by atoms with E-state index in [0.717, 1.165) is 23.4 Å². The van der Waals surface area contributed by atoms with Crippen LogP contribution in [0.15, 0.2) is 60.3 Å². The van der Waals surface area contributed by atoms with Crippen molar-refractivity contribution in [2.24, 2.45) is 0 Å². The van der Waals surface area contributed by atoms with E-state index in [1.54, 1.807) is 17.6 Å². The average Bonchev–Trinajstić information content (AvgIpc) is 3.13. The lowest BCUT2D eigenvalue weighted by Gasteiger charge is -2.16. The van der Waals surface area contributed by atoms with Gasteiger partial charge in [-0.3, -0.25) is 9.36 Å². The number of nitrogens with one attached hydrogen (secondary N) is 1. The van der Waals surface area contributed by atoms with Crippen LogP contribution in [0.2, 0.25) is 0 Å². The average molecular weight is 445 g/mol. The Morgan fingerprint density at radius 3 is 2.77 bits per heavy atom. The van der Waals surface area contributed by atoms with Gasteiger partial charge in [0.2, 0.25) is 5.91 Å². The lowest BCUT2D eigenvalue weighted by molar-refractivity contribution is -0.113. The van der Waals surface area contributed by atoms with Crippen LogP contribution < -0.4 is 10.1 Å². The second-order valence-corrected chi connectivity index (χ2v) is 7.67. The minimum absolute atomic E-state index is 0.0890. The molecule has 1 atom stereocenters. The highest BCUT2D eigenvalue weighted by molar-refractivity contribution is 7.99. The molecule has 0 aliphatic carbocycles. The lowest BCUT2D eigenvalue weighted by Crippen LogP contribution is -2.16. The molecule has 1 N–H and O–H groups in total. The van der Waals surface area contributed by atoms with Crippen molar-refractivity contribution in [2.75, 3.05) is 11.1 Å². The highest BCUT2D eigenvalue weighted by Crippen LogP contribution is 2.27. The molecule has 1 aromatic heterocycles. The maximum atomic E-state index is 13.9. The van der Waals surface area contributed by atoms with Crippen molar-refractivity contribution in [3.8, 4) is 5.75 Å². The van der Waals surface area contributed by atoms with Gasteiger partial charge in [-0.15, -0.1) is 16.8 Å². The number of thioether (sulfide) groups is 1. The Morgan fingerprint density at radius 2 is 2.06 bits per heavy atom. The van der Waals surface area contributed by atoms with E-state index in [1.165, 1.54) is 17.8 Å². The van der Waals surface area contributed by atoms with E-state index in [1.807, 2.05) is 31.2 Å². The van der Waals surface area contributed by atoms with Crippen LogP contribution in [-0.4, -0.2) is 26.4 Å². The number of allylic oxidation sites excluding steroid dienone is 1. The Morgan fingerprint density at radius 1 is 1.29 bits per heavy atom. The largest absolute Gasteiger partial charge is 0.480 e. The maximum absolute atomic E-state index is 13.9. The molecule has 0 aliphatic heterocycles. The molecule has 0 spiro atoms. The molecule has 0 radical (unpaired) electrons. The summed E-state index contributed by atoms with van der Waals surface area (Å²) in [7, 11) is 0. The second kappa shape index (κ2) is 10.2. The number of halogens is 2. The molecule has 162 valence electrons. The zero-order valence-electron chi connectivity index (χ0n) is 17.1. The molecule has 0 aliphatic rings. The quantitative estimate of drug-likeness (QED) is 0.375. The van der Waals surface area contributed by atoms with Gasteiger partial charge in [-0.25, -0.2) is 8.78 Å². The Hall–Kier alpha value is -3.20. The number of benzene rings is 2. The number of anilines is 1. The van der Waals surface area contributed by atoms with E-state index >= 15 is 0 Å². The minimum Gasteiger partial charge on any atom is -0.480 e. The zero-order valence-corrected chi connectivity index (χ0v) is 18.0. The third kappa shape index (κ3) is 5.69. The van der Waals surface area contributed by atoms with Gasteiger partial charge in [0.15, 0.2) is 28.7 Å². The van der Waals surface area contributed by atoms with Crippen molar-refractivity contribution in [1.29, 1.82) is 0 Å². The number of para-hydroxylation sites is 1. The monoisotopic (exact) mass is 444 g/mol. The first-order chi connectivity index (χ1) is 14.9. The summed E-state index contributed by atoms with van der Waals surface area (Å²) in [5.74, 6) is -1.18. The first-order valence-corrected chi connectivity index (χ1v) is 10.5. The molecule has 2 aromatic carbocycles. The lowest BCUT2D eigenvalue weighted by atomic mass is 10.2. The normalized spacial score (nSPS) is 11.7. The smallest absolute Gasteiger partial charge is 0.234 e. The molecule has 3 aromatic rings. The first kappa shape index (κ1) is 22.5. The highest BCUT2D eigenvalue weighted by Gasteiger charge is 2.21. The van der Waals surface area contributed by atoms with Crippen molar-refractivity contribution < 1.29 is 18.3 Å². The molecule has 1 unspecified atom stereocenters. The Bertz CT molecular complexity index is 1090. The Labute approximate surface area is 183 Å². The molecular weight excluding hydrogens is 422 g/mol. The highest BCUT2D eigenvalue weighted by atomic mass is 32.2. The molecule has 31 heavy (non-hydrogen) atoms. The van der Waals surface area contributed by atoms with Gasteiger partial charge in [-0.05, 0) is 37.6 Å². The van der Waals surface area contributed by atoms with Crippen molar-refractivity contribution in [3.05, 3.63) is 78.1 Å². The summed E-state index contributed by atoms with van der Waals surface area (Å²) in [6.07, 6.45) is 0.998. The van der Waals surface area contributed by atoms with Crippen LogP contribution in [0.5, 0.6) is 5.75 Å². The Balaban J connectivity index is 1.70. The fourth-order valence-electron chi connectivity index (χ4n) is 2.85. The topological polar surface area (TPSA) is 69.0 Å². The summed E-state index contributed by atoms with van der Waals surface area (Å²) < 4.78 is 34.4. The SMILES string of the molecule is C=CCn1c(SCC(=O)Nc2ccccc2C)nnc1C(C)Oc1ccc(F)cc1F. The molecular formula is C22H22F2N4O2S. The van der Waals surface area contributed by atoms with Gasteiger partial charge in [0.05, 0.1) is 5.75 Å². The third-order valence-electron chi connectivity index (χ3n) is 4.37. The van der Waals surface area contributed by atoms with Gasteiger partial charge in [0, 0.05) is 18.3 Å². The summed E-state index contributed by atoms with van der Waals surface area (Å²) in [5, 5.41) is 11.7. The molecule has 9 heteroatoms. The summed E-state index contributed by atoms with van der Waals surface area (Å²) in [6, 6.07) is 10.6. The van der Waals surface area contributed by atoms with Crippen molar-refractivity contribution >= 4 is 23.4 Å². The number of rotatable bonds is 9. The fourth-order valence-corrected chi connectivity index (χ4v) is 3.61. The van der Waals surface area contributed by atoms with Crippen LogP contribution in [0.25, 0.3) is 0 Å². The molecule has 1 amide bonds. The Kier molecular flexibility index (Phi) is 7.41. The van der Waals surface area contributed by atoms with Gasteiger partial charge in [-0.1, -0.05) is 36.0 Å². The van der Waals surface area contributed by atoms with Crippen LogP contribution in [0.1, 0.15) is 24.4 Å². The number of hydrogen-bond acceptors (Lipinski definition) is 5. The molecule has 0 fully saturated rings. The van der Waals surface area contributed by atoms with Crippen LogP contribution in [0.3, 0.4) is 0 Å². The molecule has 3 rings (SSSR count).